The number of hydrogen-bond donors (Lipinski definition) is 1. The predicted molar refractivity (Wildman–Crippen MR) is 153 cm³/mol. The van der Waals surface area contributed by atoms with Crippen LogP contribution in [0.5, 0.6) is 0 Å². The van der Waals surface area contributed by atoms with Gasteiger partial charge >= 0.3 is 5.97 Å². The van der Waals surface area contributed by atoms with Gasteiger partial charge in [-0.25, -0.2) is 9.78 Å². The van der Waals surface area contributed by atoms with Crippen LogP contribution in [-0.2, 0) is 17.6 Å². The van der Waals surface area contributed by atoms with Crippen LogP contribution in [-0.4, -0.2) is 23.5 Å². The molecule has 0 bridgehead atoms. The first kappa shape index (κ1) is 25.6. The Balaban J connectivity index is 1.56. The van der Waals surface area contributed by atoms with E-state index in [0.717, 1.165) is 46.3 Å². The fraction of sp³-hybridized carbons (Fsp3) is 0.367. The van der Waals surface area contributed by atoms with Gasteiger partial charge in [-0.05, 0) is 74.3 Å². The van der Waals surface area contributed by atoms with Crippen LogP contribution in [0.1, 0.15) is 70.1 Å². The topological polar surface area (TPSA) is 68.3 Å². The van der Waals surface area contributed by atoms with E-state index in [9.17, 15) is 9.59 Å². The molecule has 192 valence electrons. The molecule has 0 fully saturated rings. The van der Waals surface area contributed by atoms with Crippen LogP contribution < -0.4 is 5.32 Å². The van der Waals surface area contributed by atoms with Crippen LogP contribution in [0.15, 0.2) is 42.5 Å². The van der Waals surface area contributed by atoms with E-state index in [1.165, 1.54) is 21.1 Å². The van der Waals surface area contributed by atoms with Crippen LogP contribution in [0.3, 0.4) is 0 Å². The van der Waals surface area contributed by atoms with Crippen LogP contribution in [0.4, 0.5) is 5.00 Å². The van der Waals surface area contributed by atoms with E-state index in [-0.39, 0.29) is 17.3 Å². The van der Waals surface area contributed by atoms with Crippen molar-refractivity contribution in [2.45, 2.75) is 53.9 Å². The Morgan fingerprint density at radius 1 is 1.14 bits per heavy atom. The lowest BCUT2D eigenvalue weighted by Crippen LogP contribution is -2.26. The normalized spacial score (nSPS) is 15.4. The fourth-order valence-corrected chi connectivity index (χ4v) is 7.20. The van der Waals surface area contributed by atoms with E-state index in [1.807, 2.05) is 43.3 Å². The number of nitrogens with one attached hydrogen (secondary N) is 1. The van der Waals surface area contributed by atoms with Crippen molar-refractivity contribution in [3.63, 3.8) is 0 Å². The molecule has 1 unspecified atom stereocenters. The van der Waals surface area contributed by atoms with Gasteiger partial charge in [-0.2, -0.15) is 0 Å². The van der Waals surface area contributed by atoms with Crippen LogP contribution in [0, 0.1) is 18.3 Å². The number of aryl methyl sites for hydroxylation is 1. The molecule has 4 aromatic rings. The van der Waals surface area contributed by atoms with E-state index < -0.39 is 0 Å². The molecule has 0 saturated heterocycles. The van der Waals surface area contributed by atoms with Crippen LogP contribution in [0.25, 0.3) is 21.5 Å². The van der Waals surface area contributed by atoms with Crippen molar-refractivity contribution in [1.82, 2.24) is 4.98 Å². The summed E-state index contributed by atoms with van der Waals surface area (Å²) in [6.07, 6.45) is 2.75. The number of nitrogens with zero attached hydrogens (tertiary/aromatic N) is 1. The molecule has 1 aliphatic rings. The number of hydrogen-bond acceptors (Lipinski definition) is 6. The highest BCUT2D eigenvalue weighted by molar-refractivity contribution is 7.17. The molecule has 1 aromatic carbocycles. The average Bonchev–Trinajstić information content (AvgIpc) is 3.45. The molecule has 1 aliphatic carbocycles. The van der Waals surface area contributed by atoms with Crippen molar-refractivity contribution in [3.8, 4) is 10.6 Å². The number of aromatic nitrogens is 1. The van der Waals surface area contributed by atoms with Crippen molar-refractivity contribution in [2.75, 3.05) is 11.9 Å². The highest BCUT2D eigenvalue weighted by Gasteiger charge is 2.34. The van der Waals surface area contributed by atoms with E-state index in [2.05, 4.69) is 39.1 Å². The number of anilines is 1. The third kappa shape index (κ3) is 5.07. The van der Waals surface area contributed by atoms with E-state index in [1.54, 1.807) is 11.3 Å². The molecule has 7 heteroatoms. The minimum atomic E-state index is -0.362. The number of esters is 1. The molecule has 37 heavy (non-hydrogen) atoms. The first-order chi connectivity index (χ1) is 17.7. The van der Waals surface area contributed by atoms with E-state index >= 15 is 0 Å². The summed E-state index contributed by atoms with van der Waals surface area (Å²) < 4.78 is 5.43. The lowest BCUT2D eigenvalue weighted by atomic mass is 9.72. The van der Waals surface area contributed by atoms with Gasteiger partial charge in [0.25, 0.3) is 5.91 Å². The standard InChI is InChI=1S/C30H32N2O3S2/c1-6-35-29(34)26-20-13-12-18(30(3,4)5)15-25(20)37-28(26)32-27(33)21-16-23(24-14-11-17(2)36-24)31-22-10-8-7-9-19(21)22/h7-11,14,16,18H,6,12-13,15H2,1-5H3,(H,32,33). The third-order valence-electron chi connectivity index (χ3n) is 7.15. The van der Waals surface area contributed by atoms with Gasteiger partial charge in [0.05, 0.1) is 33.8 Å². The summed E-state index contributed by atoms with van der Waals surface area (Å²) >= 11 is 3.17. The number of rotatable bonds is 5. The van der Waals surface area contributed by atoms with Crippen LogP contribution in [0.2, 0.25) is 0 Å². The largest absolute Gasteiger partial charge is 0.462 e. The Morgan fingerprint density at radius 3 is 2.62 bits per heavy atom. The smallest absolute Gasteiger partial charge is 0.341 e. The number of ether oxygens (including phenoxy) is 1. The summed E-state index contributed by atoms with van der Waals surface area (Å²) in [5.74, 6) is -0.0818. The first-order valence-corrected chi connectivity index (χ1v) is 14.4. The number of thiophene rings is 2. The molecule has 5 nitrogen and oxygen atoms in total. The Hall–Kier alpha value is -3.03. The molecular weight excluding hydrogens is 500 g/mol. The highest BCUT2D eigenvalue weighted by Crippen LogP contribution is 2.44. The molecule has 5 rings (SSSR count). The Bertz CT molecular complexity index is 1490. The molecule has 3 heterocycles. The second kappa shape index (κ2) is 10.0. The number of fused-ring (bicyclic) bond motifs is 2. The maximum atomic E-state index is 13.8. The summed E-state index contributed by atoms with van der Waals surface area (Å²) in [7, 11) is 0. The van der Waals surface area contributed by atoms with E-state index in [4.69, 9.17) is 9.72 Å². The lowest BCUT2D eigenvalue weighted by molar-refractivity contribution is 0.0526. The van der Waals surface area contributed by atoms with Crippen molar-refractivity contribution in [1.29, 1.82) is 0 Å². The molecular formula is C30H32N2O3S2. The van der Waals surface area contributed by atoms with Gasteiger partial charge in [0, 0.05) is 15.1 Å². The summed E-state index contributed by atoms with van der Waals surface area (Å²) in [5.41, 5.74) is 3.82. The summed E-state index contributed by atoms with van der Waals surface area (Å²) in [5, 5.41) is 4.47. The maximum Gasteiger partial charge on any atom is 0.341 e. The second-order valence-corrected chi connectivity index (χ2v) is 13.1. The maximum absolute atomic E-state index is 13.8. The van der Waals surface area contributed by atoms with E-state index in [0.29, 0.717) is 28.7 Å². The zero-order valence-corrected chi connectivity index (χ0v) is 23.6. The van der Waals surface area contributed by atoms with Crippen LogP contribution >= 0.6 is 22.7 Å². The van der Waals surface area contributed by atoms with Crippen molar-refractivity contribution in [3.05, 3.63) is 68.9 Å². The SMILES string of the molecule is CCOC(=O)c1c(NC(=O)c2cc(-c3ccc(C)s3)nc3ccccc23)sc2c1CCC(C(C)(C)C)C2. The Labute approximate surface area is 225 Å². The Morgan fingerprint density at radius 2 is 1.92 bits per heavy atom. The van der Waals surface area contributed by atoms with Gasteiger partial charge in [-0.15, -0.1) is 22.7 Å². The molecule has 3 aromatic heterocycles. The molecule has 1 amide bonds. The number of carbonyl (C=O) groups excluding carboxylic acids is 2. The quantitative estimate of drug-likeness (QED) is 0.265. The molecule has 0 saturated carbocycles. The molecule has 1 atom stereocenters. The molecule has 0 spiro atoms. The summed E-state index contributed by atoms with van der Waals surface area (Å²) in [6.45, 7) is 11.0. The zero-order chi connectivity index (χ0) is 26.3. The van der Waals surface area contributed by atoms with Gasteiger partial charge in [0.2, 0.25) is 0 Å². The number of carbonyl (C=O) groups is 2. The zero-order valence-electron chi connectivity index (χ0n) is 21.9. The number of benzene rings is 1. The molecule has 0 radical (unpaired) electrons. The first-order valence-electron chi connectivity index (χ1n) is 12.7. The molecule has 0 aliphatic heterocycles. The summed E-state index contributed by atoms with van der Waals surface area (Å²) in [4.78, 5) is 35.1. The minimum absolute atomic E-state index is 0.182. The van der Waals surface area contributed by atoms with Gasteiger partial charge in [0.15, 0.2) is 0 Å². The summed E-state index contributed by atoms with van der Waals surface area (Å²) in [6, 6.07) is 13.6. The van der Waals surface area contributed by atoms with Gasteiger partial charge in [0.1, 0.15) is 5.00 Å². The number of para-hydroxylation sites is 1. The monoisotopic (exact) mass is 532 g/mol. The minimum Gasteiger partial charge on any atom is -0.462 e. The highest BCUT2D eigenvalue weighted by atomic mass is 32.1. The fourth-order valence-electron chi connectivity index (χ4n) is 5.06. The lowest BCUT2D eigenvalue weighted by Gasteiger charge is -2.33. The average molecular weight is 533 g/mol. The number of pyridine rings is 1. The predicted octanol–water partition coefficient (Wildman–Crippen LogP) is 7.91. The third-order valence-corrected chi connectivity index (χ3v) is 9.34. The Kier molecular flexibility index (Phi) is 6.94. The second-order valence-electron chi connectivity index (χ2n) is 10.7. The molecule has 1 N–H and O–H groups in total. The number of amides is 1. The van der Waals surface area contributed by atoms with Crippen molar-refractivity contribution < 1.29 is 14.3 Å². The van der Waals surface area contributed by atoms with Gasteiger partial charge in [-0.3, -0.25) is 4.79 Å². The van der Waals surface area contributed by atoms with Crippen molar-refractivity contribution >= 4 is 50.5 Å². The van der Waals surface area contributed by atoms with Gasteiger partial charge < -0.3 is 10.1 Å². The van der Waals surface area contributed by atoms with Crippen molar-refractivity contribution in [2.24, 2.45) is 11.3 Å². The van der Waals surface area contributed by atoms with Gasteiger partial charge in [-0.1, -0.05) is 39.0 Å².